The normalized spacial score (nSPS) is 36.1. The summed E-state index contributed by atoms with van der Waals surface area (Å²) in [6.07, 6.45) is 13.2. The number of piperidine rings is 1. The number of esters is 1. The van der Waals surface area contributed by atoms with Crippen molar-refractivity contribution in [3.63, 3.8) is 0 Å². The fraction of sp³-hybridized carbons (Fsp3) is 0.633. The number of nitrogens with zero attached hydrogens (tertiary/aromatic N) is 2. The van der Waals surface area contributed by atoms with E-state index in [0.29, 0.717) is 24.3 Å². The number of aromatic nitrogens is 2. The molecule has 0 spiro atoms. The number of hydrogen-bond acceptors (Lipinski definition) is 5. The average Bonchev–Trinajstić information content (AvgIpc) is 3.54. The molecule has 9 rings (SSSR count). The molecule has 0 bridgehead atoms. The average molecular weight is 743 g/mol. The fourth-order valence-electron chi connectivity index (χ4n) is 14.3. The molecule has 6 nitrogen and oxygen atoms in total. The molecule has 3 unspecified atom stereocenters. The first kappa shape index (κ1) is 37.1. The number of nitrogens with one attached hydrogen (secondary N) is 1. The van der Waals surface area contributed by atoms with Gasteiger partial charge in [-0.1, -0.05) is 96.5 Å². The minimum atomic E-state index is -0.505. The number of hydrogen-bond donors (Lipinski definition) is 2. The van der Waals surface area contributed by atoms with Crippen LogP contribution in [0.1, 0.15) is 141 Å². The van der Waals surface area contributed by atoms with Crippen molar-refractivity contribution in [1.29, 1.82) is 0 Å². The number of ether oxygens (including phenoxy) is 1. The highest BCUT2D eigenvalue weighted by atomic mass is 16.5. The largest absolute Gasteiger partial charge is 0.460 e. The summed E-state index contributed by atoms with van der Waals surface area (Å²) < 4.78 is 6.42. The SMILES string of the molecule is CC1(C)CC[C@]2(C(=O)OCc3ccccc3)CC[C@]3(C)C(=C(c4ccc(N5CCCCC5)cc4)CC4[C@@]5(C)Cc6c(N)n[nH]c6C(C)(C)C5CC[C@]43C)C2C1. The zero-order valence-corrected chi connectivity index (χ0v) is 34.8. The van der Waals surface area contributed by atoms with E-state index in [-0.39, 0.29) is 39.0 Å². The van der Waals surface area contributed by atoms with Crippen molar-refractivity contribution >= 4 is 23.0 Å². The monoisotopic (exact) mass is 743 g/mol. The molecule has 4 fully saturated rings. The lowest BCUT2D eigenvalue weighted by atomic mass is 9.33. The van der Waals surface area contributed by atoms with Crippen LogP contribution in [0.4, 0.5) is 11.5 Å². The maximum atomic E-state index is 14.9. The van der Waals surface area contributed by atoms with Crippen LogP contribution in [-0.2, 0) is 28.0 Å². The third-order valence-corrected chi connectivity index (χ3v) is 17.5. The Kier molecular flexibility index (Phi) is 8.58. The summed E-state index contributed by atoms with van der Waals surface area (Å²) in [5.74, 6) is 1.84. The number of anilines is 2. The molecule has 1 saturated heterocycles. The molecule has 3 saturated carbocycles. The molecule has 6 aliphatic rings. The van der Waals surface area contributed by atoms with Crippen LogP contribution in [0, 0.1) is 44.8 Å². The fourth-order valence-corrected chi connectivity index (χ4v) is 14.3. The zero-order valence-electron chi connectivity index (χ0n) is 34.8. The number of fused-ring (bicyclic) bond motifs is 8. The molecule has 0 radical (unpaired) electrons. The van der Waals surface area contributed by atoms with E-state index >= 15 is 0 Å². The van der Waals surface area contributed by atoms with Crippen molar-refractivity contribution in [2.45, 2.75) is 138 Å². The lowest BCUT2D eigenvalue weighted by Gasteiger charge is -2.71. The van der Waals surface area contributed by atoms with Crippen LogP contribution >= 0.6 is 0 Å². The van der Waals surface area contributed by atoms with Crippen molar-refractivity contribution < 1.29 is 9.53 Å². The maximum Gasteiger partial charge on any atom is 0.313 e. The molecule has 294 valence electrons. The van der Waals surface area contributed by atoms with Gasteiger partial charge in [0, 0.05) is 35.4 Å². The minimum Gasteiger partial charge on any atom is -0.460 e. The van der Waals surface area contributed by atoms with Gasteiger partial charge in [-0.3, -0.25) is 9.89 Å². The van der Waals surface area contributed by atoms with Crippen LogP contribution in [0.25, 0.3) is 5.57 Å². The number of nitrogen functional groups attached to an aromatic ring is 1. The van der Waals surface area contributed by atoms with Crippen LogP contribution in [0.2, 0.25) is 0 Å². The van der Waals surface area contributed by atoms with Crippen molar-refractivity contribution in [1.82, 2.24) is 10.2 Å². The van der Waals surface area contributed by atoms with E-state index in [2.05, 4.69) is 100.0 Å². The van der Waals surface area contributed by atoms with Gasteiger partial charge in [0.05, 0.1) is 5.41 Å². The second-order valence-electron chi connectivity index (χ2n) is 21.1. The molecule has 3 aromatic rings. The molecule has 6 heteroatoms. The van der Waals surface area contributed by atoms with Crippen molar-refractivity contribution in [3.05, 3.63) is 82.6 Å². The summed E-state index contributed by atoms with van der Waals surface area (Å²) in [6.45, 7) is 20.4. The van der Waals surface area contributed by atoms with E-state index in [9.17, 15) is 4.79 Å². The highest BCUT2D eigenvalue weighted by Crippen LogP contribution is 2.77. The van der Waals surface area contributed by atoms with E-state index in [1.807, 2.05) is 18.2 Å². The summed E-state index contributed by atoms with van der Waals surface area (Å²) >= 11 is 0. The number of rotatable bonds is 5. The van der Waals surface area contributed by atoms with E-state index in [1.54, 1.807) is 5.57 Å². The van der Waals surface area contributed by atoms with Gasteiger partial charge in [-0.2, -0.15) is 5.10 Å². The molecule has 0 amide bonds. The molecular formula is C49H66N4O2. The lowest BCUT2D eigenvalue weighted by Crippen LogP contribution is -2.65. The smallest absolute Gasteiger partial charge is 0.313 e. The molecule has 2 heterocycles. The number of carbonyl (C=O) groups is 1. The number of nitrogens with two attached hydrogens (primary N) is 1. The van der Waals surface area contributed by atoms with E-state index in [1.165, 1.54) is 60.2 Å². The Morgan fingerprint density at radius 2 is 1.58 bits per heavy atom. The maximum absolute atomic E-state index is 14.9. The molecular weight excluding hydrogens is 677 g/mol. The van der Waals surface area contributed by atoms with Crippen LogP contribution < -0.4 is 10.6 Å². The molecule has 55 heavy (non-hydrogen) atoms. The van der Waals surface area contributed by atoms with Crippen LogP contribution in [0.3, 0.4) is 0 Å². The molecule has 7 atom stereocenters. The summed E-state index contributed by atoms with van der Waals surface area (Å²) in [5.41, 5.74) is 15.8. The number of H-pyrrole nitrogens is 1. The van der Waals surface area contributed by atoms with Gasteiger partial charge in [0.15, 0.2) is 0 Å². The Hall–Kier alpha value is -3.54. The molecule has 1 aromatic heterocycles. The summed E-state index contributed by atoms with van der Waals surface area (Å²) in [4.78, 5) is 17.5. The summed E-state index contributed by atoms with van der Waals surface area (Å²) in [5, 5.41) is 8.02. The summed E-state index contributed by atoms with van der Waals surface area (Å²) in [6, 6.07) is 20.0. The topological polar surface area (TPSA) is 84.2 Å². The summed E-state index contributed by atoms with van der Waals surface area (Å²) in [7, 11) is 0. The van der Waals surface area contributed by atoms with E-state index < -0.39 is 5.41 Å². The Morgan fingerprint density at radius 3 is 2.31 bits per heavy atom. The Balaban J connectivity index is 1.21. The second kappa shape index (κ2) is 12.7. The highest BCUT2D eigenvalue weighted by molar-refractivity contribution is 5.82. The van der Waals surface area contributed by atoms with Gasteiger partial charge in [0.2, 0.25) is 0 Å². The Labute approximate surface area is 330 Å². The molecule has 1 aliphatic heterocycles. The van der Waals surface area contributed by atoms with Crippen LogP contribution in [0.15, 0.2) is 60.2 Å². The predicted molar refractivity (Wildman–Crippen MR) is 223 cm³/mol. The zero-order chi connectivity index (χ0) is 38.6. The first-order valence-corrected chi connectivity index (χ1v) is 21.8. The second-order valence-corrected chi connectivity index (χ2v) is 21.1. The van der Waals surface area contributed by atoms with Crippen molar-refractivity contribution in [2.75, 3.05) is 23.7 Å². The van der Waals surface area contributed by atoms with Crippen molar-refractivity contribution in [3.8, 4) is 0 Å². The Bertz CT molecular complexity index is 1990. The quantitative estimate of drug-likeness (QED) is 0.254. The van der Waals surface area contributed by atoms with E-state index in [0.717, 1.165) is 63.6 Å². The molecule has 5 aliphatic carbocycles. The van der Waals surface area contributed by atoms with Gasteiger partial charge in [-0.05, 0) is 145 Å². The first-order valence-electron chi connectivity index (χ1n) is 21.8. The minimum absolute atomic E-state index is 0.0335. The number of benzene rings is 2. The van der Waals surface area contributed by atoms with Gasteiger partial charge in [-0.25, -0.2) is 0 Å². The molecule has 3 N–H and O–H groups in total. The van der Waals surface area contributed by atoms with Gasteiger partial charge >= 0.3 is 5.97 Å². The van der Waals surface area contributed by atoms with Crippen LogP contribution in [0.5, 0.6) is 0 Å². The number of aromatic amines is 1. The molecule has 2 aromatic carbocycles. The highest BCUT2D eigenvalue weighted by Gasteiger charge is 2.70. The number of allylic oxidation sites excluding steroid dienone is 2. The van der Waals surface area contributed by atoms with Gasteiger partial charge < -0.3 is 15.4 Å². The first-order chi connectivity index (χ1) is 26.1. The standard InChI is InChI=1S/C49H66N4O2/c1-44(2)22-24-49(43(54)55-31-32-14-10-8-11-15-32)25-23-48(7)40(37(49)30-44)35(33-16-18-34(19-17-33)53-26-12-9-13-27-53)28-39-46(5)29-36-41(51-52-42(36)50)45(3,4)38(46)20-21-47(39,48)6/h8,10-11,14-19,37-39H,9,12-13,20-31H2,1-7H3,(H3,50,51,52)/t37?,38?,39?,46-,47+,48+,49-/m0/s1. The number of carbonyl (C=O) groups excluding carboxylic acids is 1. The third-order valence-electron chi connectivity index (χ3n) is 17.5. The van der Waals surface area contributed by atoms with Gasteiger partial charge in [-0.15, -0.1) is 0 Å². The van der Waals surface area contributed by atoms with Crippen molar-refractivity contribution in [2.24, 2.45) is 44.8 Å². The van der Waals surface area contributed by atoms with E-state index in [4.69, 9.17) is 10.5 Å². The van der Waals surface area contributed by atoms with Gasteiger partial charge in [0.25, 0.3) is 0 Å². The lowest BCUT2D eigenvalue weighted by molar-refractivity contribution is -0.181. The van der Waals surface area contributed by atoms with Gasteiger partial charge in [0.1, 0.15) is 12.4 Å². The predicted octanol–water partition coefficient (Wildman–Crippen LogP) is 11.1. The Morgan fingerprint density at radius 1 is 0.873 bits per heavy atom. The third kappa shape index (κ3) is 5.45. The van der Waals surface area contributed by atoms with Crippen LogP contribution in [-0.4, -0.2) is 29.3 Å².